The number of ether oxygens (including phenoxy) is 1. The minimum Gasteiger partial charge on any atom is -0.382 e. The fraction of sp³-hybridized carbons (Fsp3) is 0.647. The summed E-state index contributed by atoms with van der Waals surface area (Å²) in [7, 11) is 0. The first kappa shape index (κ1) is 17.1. The van der Waals surface area contributed by atoms with E-state index in [0.717, 1.165) is 39.1 Å². The summed E-state index contributed by atoms with van der Waals surface area (Å²) in [5.74, 6) is 1.02. The SMILES string of the molecule is CCOCCC(CNCC(C)C)Cc1ccc(F)cc1. The molecule has 1 atom stereocenters. The monoisotopic (exact) mass is 281 g/mol. The van der Waals surface area contributed by atoms with Crippen LogP contribution in [0, 0.1) is 17.7 Å². The van der Waals surface area contributed by atoms with Crippen molar-refractivity contribution in [2.24, 2.45) is 11.8 Å². The smallest absolute Gasteiger partial charge is 0.123 e. The Balaban J connectivity index is 2.45. The summed E-state index contributed by atoms with van der Waals surface area (Å²) < 4.78 is 18.4. The van der Waals surface area contributed by atoms with E-state index < -0.39 is 0 Å². The van der Waals surface area contributed by atoms with E-state index in [1.54, 1.807) is 0 Å². The maximum Gasteiger partial charge on any atom is 0.123 e. The Morgan fingerprint density at radius 2 is 1.85 bits per heavy atom. The summed E-state index contributed by atoms with van der Waals surface area (Å²) in [6.45, 7) is 10.0. The molecule has 0 aliphatic heterocycles. The van der Waals surface area contributed by atoms with Gasteiger partial charge in [0.15, 0.2) is 0 Å². The van der Waals surface area contributed by atoms with Crippen LogP contribution in [0.5, 0.6) is 0 Å². The second-order valence-corrected chi connectivity index (χ2v) is 5.73. The molecule has 0 heterocycles. The van der Waals surface area contributed by atoms with Gasteiger partial charge in [0.1, 0.15) is 5.82 Å². The lowest BCUT2D eigenvalue weighted by molar-refractivity contribution is 0.131. The van der Waals surface area contributed by atoms with Gasteiger partial charge in [-0.05, 0) is 62.4 Å². The zero-order chi connectivity index (χ0) is 14.8. The van der Waals surface area contributed by atoms with E-state index in [1.165, 1.54) is 17.7 Å². The molecule has 0 saturated carbocycles. The molecule has 2 nitrogen and oxygen atoms in total. The molecule has 1 N–H and O–H groups in total. The predicted molar refractivity (Wildman–Crippen MR) is 82.4 cm³/mol. The van der Waals surface area contributed by atoms with Crippen molar-refractivity contribution in [3.05, 3.63) is 35.6 Å². The van der Waals surface area contributed by atoms with Crippen LogP contribution in [-0.4, -0.2) is 26.3 Å². The molecule has 0 spiro atoms. The van der Waals surface area contributed by atoms with Crippen LogP contribution in [-0.2, 0) is 11.2 Å². The van der Waals surface area contributed by atoms with Gasteiger partial charge in [0.2, 0.25) is 0 Å². The van der Waals surface area contributed by atoms with Gasteiger partial charge in [0, 0.05) is 13.2 Å². The molecule has 0 amide bonds. The van der Waals surface area contributed by atoms with Crippen molar-refractivity contribution >= 4 is 0 Å². The van der Waals surface area contributed by atoms with E-state index in [9.17, 15) is 4.39 Å². The molecule has 20 heavy (non-hydrogen) atoms. The lowest BCUT2D eigenvalue weighted by atomic mass is 9.96. The second-order valence-electron chi connectivity index (χ2n) is 5.73. The first-order valence-electron chi connectivity index (χ1n) is 7.64. The molecule has 1 aromatic carbocycles. The Kier molecular flexibility index (Phi) is 8.47. The number of benzene rings is 1. The highest BCUT2D eigenvalue weighted by Gasteiger charge is 2.10. The van der Waals surface area contributed by atoms with Crippen molar-refractivity contribution in [2.45, 2.75) is 33.6 Å². The molecule has 0 bridgehead atoms. The minimum absolute atomic E-state index is 0.169. The van der Waals surface area contributed by atoms with Gasteiger partial charge in [-0.3, -0.25) is 0 Å². The first-order chi connectivity index (χ1) is 9.61. The van der Waals surface area contributed by atoms with Crippen LogP contribution >= 0.6 is 0 Å². The summed E-state index contributed by atoms with van der Waals surface area (Å²) in [6, 6.07) is 6.84. The van der Waals surface area contributed by atoms with Crippen molar-refractivity contribution < 1.29 is 9.13 Å². The maximum atomic E-state index is 12.9. The van der Waals surface area contributed by atoms with E-state index in [0.29, 0.717) is 11.8 Å². The average Bonchev–Trinajstić information content (AvgIpc) is 2.41. The van der Waals surface area contributed by atoms with Gasteiger partial charge < -0.3 is 10.1 Å². The molecule has 0 aliphatic rings. The highest BCUT2D eigenvalue weighted by Crippen LogP contribution is 2.13. The van der Waals surface area contributed by atoms with Crippen LogP contribution in [0.1, 0.15) is 32.8 Å². The first-order valence-corrected chi connectivity index (χ1v) is 7.64. The fourth-order valence-corrected chi connectivity index (χ4v) is 2.20. The maximum absolute atomic E-state index is 12.9. The Labute approximate surface area is 122 Å². The quantitative estimate of drug-likeness (QED) is 0.661. The van der Waals surface area contributed by atoms with Crippen LogP contribution in [0.25, 0.3) is 0 Å². The number of halogens is 1. The van der Waals surface area contributed by atoms with Crippen molar-refractivity contribution in [3.8, 4) is 0 Å². The molecule has 3 heteroatoms. The van der Waals surface area contributed by atoms with Gasteiger partial charge in [-0.2, -0.15) is 0 Å². The van der Waals surface area contributed by atoms with E-state index in [4.69, 9.17) is 4.74 Å². The second kappa shape index (κ2) is 9.89. The number of rotatable bonds is 10. The zero-order valence-electron chi connectivity index (χ0n) is 13.0. The summed E-state index contributed by atoms with van der Waals surface area (Å²) in [5.41, 5.74) is 1.19. The van der Waals surface area contributed by atoms with Crippen molar-refractivity contribution in [3.63, 3.8) is 0 Å². The molecule has 0 aliphatic carbocycles. The topological polar surface area (TPSA) is 21.3 Å². The lowest BCUT2D eigenvalue weighted by Gasteiger charge is -2.18. The van der Waals surface area contributed by atoms with Crippen LogP contribution in [0.4, 0.5) is 4.39 Å². The zero-order valence-corrected chi connectivity index (χ0v) is 13.0. The molecular weight excluding hydrogens is 253 g/mol. The summed E-state index contributed by atoms with van der Waals surface area (Å²) in [5, 5.41) is 3.51. The summed E-state index contributed by atoms with van der Waals surface area (Å²) in [6.07, 6.45) is 2.01. The summed E-state index contributed by atoms with van der Waals surface area (Å²) >= 11 is 0. The van der Waals surface area contributed by atoms with E-state index in [-0.39, 0.29) is 5.82 Å². The number of hydrogen-bond acceptors (Lipinski definition) is 2. The molecule has 0 radical (unpaired) electrons. The average molecular weight is 281 g/mol. The van der Waals surface area contributed by atoms with Crippen LogP contribution < -0.4 is 5.32 Å². The molecule has 0 fully saturated rings. The predicted octanol–water partition coefficient (Wildman–Crippen LogP) is 3.66. The van der Waals surface area contributed by atoms with Crippen molar-refractivity contribution in [2.75, 3.05) is 26.3 Å². The molecule has 1 rings (SSSR count). The van der Waals surface area contributed by atoms with Crippen LogP contribution in [0.3, 0.4) is 0 Å². The van der Waals surface area contributed by atoms with Gasteiger partial charge in [-0.25, -0.2) is 4.39 Å². The molecule has 0 aromatic heterocycles. The van der Waals surface area contributed by atoms with Crippen molar-refractivity contribution in [1.82, 2.24) is 5.32 Å². The van der Waals surface area contributed by atoms with Gasteiger partial charge >= 0.3 is 0 Å². The third kappa shape index (κ3) is 7.61. The number of hydrogen-bond donors (Lipinski definition) is 1. The molecule has 0 saturated heterocycles. The largest absolute Gasteiger partial charge is 0.382 e. The summed E-state index contributed by atoms with van der Waals surface area (Å²) in [4.78, 5) is 0. The molecule has 1 aromatic rings. The highest BCUT2D eigenvalue weighted by atomic mass is 19.1. The molecule has 114 valence electrons. The van der Waals surface area contributed by atoms with Crippen LogP contribution in [0.15, 0.2) is 24.3 Å². The third-order valence-corrected chi connectivity index (χ3v) is 3.30. The third-order valence-electron chi connectivity index (χ3n) is 3.30. The Hall–Kier alpha value is -0.930. The Morgan fingerprint density at radius 3 is 2.45 bits per heavy atom. The number of nitrogens with one attached hydrogen (secondary N) is 1. The Morgan fingerprint density at radius 1 is 1.15 bits per heavy atom. The standard InChI is InChI=1S/C17H28FNO/c1-4-20-10-9-16(13-19-12-14(2)3)11-15-5-7-17(18)8-6-15/h5-8,14,16,19H,4,9-13H2,1-3H3. The van der Waals surface area contributed by atoms with Gasteiger partial charge in [0.25, 0.3) is 0 Å². The minimum atomic E-state index is -0.169. The van der Waals surface area contributed by atoms with Crippen LogP contribution in [0.2, 0.25) is 0 Å². The Bertz CT molecular complexity index is 351. The van der Waals surface area contributed by atoms with E-state index in [1.807, 2.05) is 19.1 Å². The fourth-order valence-electron chi connectivity index (χ4n) is 2.20. The van der Waals surface area contributed by atoms with Gasteiger partial charge in [0.05, 0.1) is 0 Å². The van der Waals surface area contributed by atoms with Crippen molar-refractivity contribution in [1.29, 1.82) is 0 Å². The van der Waals surface area contributed by atoms with E-state index in [2.05, 4.69) is 19.2 Å². The van der Waals surface area contributed by atoms with Gasteiger partial charge in [-0.15, -0.1) is 0 Å². The lowest BCUT2D eigenvalue weighted by Crippen LogP contribution is -2.28. The molecule has 1 unspecified atom stereocenters. The molecular formula is C17H28FNO. The normalized spacial score (nSPS) is 12.8. The van der Waals surface area contributed by atoms with E-state index >= 15 is 0 Å². The van der Waals surface area contributed by atoms with Gasteiger partial charge in [-0.1, -0.05) is 26.0 Å². The highest BCUT2D eigenvalue weighted by molar-refractivity contribution is 5.16.